The highest BCUT2D eigenvalue weighted by Crippen LogP contribution is 2.31. The third kappa shape index (κ3) is 5.30. The van der Waals surface area contributed by atoms with Crippen LogP contribution in [-0.4, -0.2) is 40.9 Å². The average molecular weight is 268 g/mol. The van der Waals surface area contributed by atoms with Gasteiger partial charge in [0.15, 0.2) is 0 Å². The average Bonchev–Trinajstić information content (AvgIpc) is 2.03. The number of hydrogen-bond acceptors (Lipinski definition) is 4. The number of rotatable bonds is 4. The Balaban J connectivity index is 2.72. The highest BCUT2D eigenvalue weighted by molar-refractivity contribution is 7.91. The van der Waals surface area contributed by atoms with Gasteiger partial charge >= 0.3 is 0 Å². The summed E-state index contributed by atoms with van der Waals surface area (Å²) in [6.07, 6.45) is 6.15. The van der Waals surface area contributed by atoms with Crippen LogP contribution in [0.15, 0.2) is 0 Å². The van der Waals surface area contributed by atoms with E-state index in [4.69, 9.17) is 0 Å². The van der Waals surface area contributed by atoms with E-state index in [1.807, 2.05) is 0 Å². The second-order valence-corrected chi connectivity index (χ2v) is 9.36. The minimum atomic E-state index is -3.01. The van der Waals surface area contributed by atoms with Crippen molar-refractivity contribution in [2.75, 3.05) is 24.0 Å². The molecule has 0 aromatic rings. The molecule has 0 aromatic carbocycles. The molecule has 0 saturated heterocycles. The SMILES string of the molecule is CS(=O)(=O)CC1CCCCC1CS(C)(=O)=O. The molecule has 1 aliphatic rings. The molecule has 1 rings (SSSR count). The van der Waals surface area contributed by atoms with Gasteiger partial charge < -0.3 is 0 Å². The molecular weight excluding hydrogens is 248 g/mol. The Kier molecular flexibility index (Phi) is 4.40. The molecule has 1 aliphatic carbocycles. The molecule has 0 aromatic heterocycles. The summed E-state index contributed by atoms with van der Waals surface area (Å²) in [5, 5.41) is 0. The lowest BCUT2D eigenvalue weighted by Crippen LogP contribution is -2.31. The lowest BCUT2D eigenvalue weighted by atomic mass is 9.81. The van der Waals surface area contributed by atoms with Gasteiger partial charge in [0, 0.05) is 12.5 Å². The van der Waals surface area contributed by atoms with Crippen molar-refractivity contribution >= 4 is 19.7 Å². The maximum atomic E-state index is 11.3. The summed E-state index contributed by atoms with van der Waals surface area (Å²) in [5.41, 5.74) is 0. The molecule has 0 spiro atoms. The first kappa shape index (κ1) is 14.0. The molecule has 4 nitrogen and oxygen atoms in total. The van der Waals surface area contributed by atoms with E-state index in [1.165, 1.54) is 12.5 Å². The lowest BCUT2D eigenvalue weighted by Gasteiger charge is -2.30. The Labute approximate surface area is 98.3 Å². The molecule has 1 saturated carbocycles. The molecule has 2 unspecified atom stereocenters. The number of hydrogen-bond donors (Lipinski definition) is 0. The standard InChI is InChI=1S/C10H20O4S2/c1-15(11,12)7-9-5-3-4-6-10(9)8-16(2,13)14/h9-10H,3-8H2,1-2H3. The van der Waals surface area contributed by atoms with Gasteiger partial charge in [-0.1, -0.05) is 12.8 Å². The largest absolute Gasteiger partial charge is 0.229 e. The van der Waals surface area contributed by atoms with Crippen molar-refractivity contribution in [1.82, 2.24) is 0 Å². The molecule has 0 N–H and O–H groups in total. The van der Waals surface area contributed by atoms with E-state index in [0.717, 1.165) is 25.7 Å². The summed E-state index contributed by atoms with van der Waals surface area (Å²) in [6, 6.07) is 0. The van der Waals surface area contributed by atoms with Crippen molar-refractivity contribution in [3.8, 4) is 0 Å². The van der Waals surface area contributed by atoms with Gasteiger partial charge in [0.25, 0.3) is 0 Å². The molecule has 0 amide bonds. The normalized spacial score (nSPS) is 27.9. The van der Waals surface area contributed by atoms with Crippen LogP contribution in [-0.2, 0) is 19.7 Å². The number of sulfone groups is 2. The van der Waals surface area contributed by atoms with Crippen LogP contribution < -0.4 is 0 Å². The first-order valence-electron chi connectivity index (χ1n) is 5.53. The summed E-state index contributed by atoms with van der Waals surface area (Å²) >= 11 is 0. The summed E-state index contributed by atoms with van der Waals surface area (Å²) in [6.45, 7) is 0. The van der Waals surface area contributed by atoms with Crippen molar-refractivity contribution in [2.24, 2.45) is 11.8 Å². The second-order valence-electron chi connectivity index (χ2n) is 4.99. The second kappa shape index (κ2) is 5.04. The van der Waals surface area contributed by atoms with Crippen molar-refractivity contribution in [3.05, 3.63) is 0 Å². The van der Waals surface area contributed by atoms with E-state index in [-0.39, 0.29) is 23.3 Å². The topological polar surface area (TPSA) is 68.3 Å². The molecule has 0 aliphatic heterocycles. The predicted molar refractivity (Wildman–Crippen MR) is 64.9 cm³/mol. The zero-order chi connectivity index (χ0) is 12.4. The fourth-order valence-corrected chi connectivity index (χ4v) is 4.93. The van der Waals surface area contributed by atoms with E-state index in [2.05, 4.69) is 0 Å². The Morgan fingerprint density at radius 1 is 0.812 bits per heavy atom. The molecule has 0 radical (unpaired) electrons. The van der Waals surface area contributed by atoms with Crippen LogP contribution in [0.3, 0.4) is 0 Å². The molecule has 96 valence electrons. The fourth-order valence-electron chi connectivity index (χ4n) is 2.50. The van der Waals surface area contributed by atoms with Crippen molar-refractivity contribution in [3.63, 3.8) is 0 Å². The van der Waals surface area contributed by atoms with Crippen LogP contribution in [0.1, 0.15) is 25.7 Å². The van der Waals surface area contributed by atoms with Gasteiger partial charge in [-0.15, -0.1) is 0 Å². The minimum Gasteiger partial charge on any atom is -0.229 e. The summed E-state index contributed by atoms with van der Waals surface area (Å²) in [5.74, 6) is 0.317. The highest BCUT2D eigenvalue weighted by atomic mass is 32.2. The Morgan fingerprint density at radius 3 is 1.38 bits per heavy atom. The predicted octanol–water partition coefficient (Wildman–Crippen LogP) is 0.882. The fraction of sp³-hybridized carbons (Fsp3) is 1.00. The maximum absolute atomic E-state index is 11.3. The van der Waals surface area contributed by atoms with Crippen molar-refractivity contribution < 1.29 is 16.8 Å². The van der Waals surface area contributed by atoms with E-state index in [9.17, 15) is 16.8 Å². The van der Waals surface area contributed by atoms with Gasteiger partial charge in [0.1, 0.15) is 19.7 Å². The zero-order valence-electron chi connectivity index (χ0n) is 9.85. The van der Waals surface area contributed by atoms with E-state index >= 15 is 0 Å². The van der Waals surface area contributed by atoms with Crippen LogP contribution in [0.25, 0.3) is 0 Å². The highest BCUT2D eigenvalue weighted by Gasteiger charge is 2.30. The minimum absolute atomic E-state index is 0.0264. The quantitative estimate of drug-likeness (QED) is 0.759. The molecule has 2 atom stereocenters. The lowest BCUT2D eigenvalue weighted by molar-refractivity contribution is 0.281. The van der Waals surface area contributed by atoms with E-state index in [1.54, 1.807) is 0 Å². The zero-order valence-corrected chi connectivity index (χ0v) is 11.5. The summed E-state index contributed by atoms with van der Waals surface area (Å²) < 4.78 is 45.0. The van der Waals surface area contributed by atoms with E-state index in [0.29, 0.717) is 0 Å². The summed E-state index contributed by atoms with van der Waals surface area (Å²) in [7, 11) is -6.01. The van der Waals surface area contributed by atoms with E-state index < -0.39 is 19.7 Å². The van der Waals surface area contributed by atoms with Gasteiger partial charge in [-0.25, -0.2) is 16.8 Å². The molecule has 0 bridgehead atoms. The van der Waals surface area contributed by atoms with Gasteiger partial charge in [-0.3, -0.25) is 0 Å². The van der Waals surface area contributed by atoms with Crippen LogP contribution in [0, 0.1) is 11.8 Å². The van der Waals surface area contributed by atoms with Crippen LogP contribution in [0.2, 0.25) is 0 Å². The smallest absolute Gasteiger partial charge is 0.147 e. The maximum Gasteiger partial charge on any atom is 0.147 e. The van der Waals surface area contributed by atoms with Crippen LogP contribution in [0.4, 0.5) is 0 Å². The van der Waals surface area contributed by atoms with Crippen LogP contribution >= 0.6 is 0 Å². The Morgan fingerprint density at radius 2 is 1.12 bits per heavy atom. The van der Waals surface area contributed by atoms with Gasteiger partial charge in [-0.05, 0) is 24.7 Å². The Hall–Kier alpha value is -0.100. The van der Waals surface area contributed by atoms with Crippen LogP contribution in [0.5, 0.6) is 0 Å². The first-order valence-corrected chi connectivity index (χ1v) is 9.65. The first-order chi connectivity index (χ1) is 7.17. The molecule has 16 heavy (non-hydrogen) atoms. The van der Waals surface area contributed by atoms with Crippen molar-refractivity contribution in [1.29, 1.82) is 0 Å². The molecule has 1 fully saturated rings. The monoisotopic (exact) mass is 268 g/mol. The van der Waals surface area contributed by atoms with Gasteiger partial charge in [0.2, 0.25) is 0 Å². The molecular formula is C10H20O4S2. The molecule has 6 heteroatoms. The molecule has 0 heterocycles. The summed E-state index contributed by atoms with van der Waals surface area (Å²) in [4.78, 5) is 0. The van der Waals surface area contributed by atoms with Gasteiger partial charge in [0.05, 0.1) is 11.5 Å². The third-order valence-corrected chi connectivity index (χ3v) is 5.17. The third-order valence-electron chi connectivity index (χ3n) is 3.10. The van der Waals surface area contributed by atoms with Gasteiger partial charge in [-0.2, -0.15) is 0 Å². The Bertz CT molecular complexity index is 380. The van der Waals surface area contributed by atoms with Crippen molar-refractivity contribution in [2.45, 2.75) is 25.7 Å².